The first-order chi connectivity index (χ1) is 10.6. The molecule has 0 bridgehead atoms. The first kappa shape index (κ1) is 21.7. The molecule has 8 heteroatoms. The van der Waals surface area contributed by atoms with Gasteiger partial charge in [-0.25, -0.2) is 4.79 Å². The molecule has 0 fully saturated rings. The largest absolute Gasteiger partial charge is 0.480 e. The molecule has 0 saturated carbocycles. The predicted molar refractivity (Wildman–Crippen MR) is 92.2 cm³/mol. The van der Waals surface area contributed by atoms with Gasteiger partial charge in [-0.05, 0) is 18.3 Å². The molecular formula is C15H29N3O4S. The van der Waals surface area contributed by atoms with E-state index in [-0.39, 0.29) is 17.6 Å². The van der Waals surface area contributed by atoms with Crippen molar-refractivity contribution >= 4 is 30.4 Å². The number of carbonyl (C=O) groups is 3. The van der Waals surface area contributed by atoms with Crippen molar-refractivity contribution in [3.63, 3.8) is 0 Å². The van der Waals surface area contributed by atoms with E-state index in [0.717, 1.165) is 0 Å². The van der Waals surface area contributed by atoms with Gasteiger partial charge in [-0.15, -0.1) is 0 Å². The van der Waals surface area contributed by atoms with Gasteiger partial charge in [-0.2, -0.15) is 12.6 Å². The quantitative estimate of drug-likeness (QED) is 0.366. The molecule has 0 radical (unpaired) electrons. The van der Waals surface area contributed by atoms with Crippen molar-refractivity contribution in [3.8, 4) is 0 Å². The fourth-order valence-electron chi connectivity index (χ4n) is 2.00. The number of rotatable bonds is 10. The molecule has 0 aromatic heterocycles. The minimum Gasteiger partial charge on any atom is -0.480 e. The van der Waals surface area contributed by atoms with E-state index in [2.05, 4.69) is 23.3 Å². The lowest BCUT2D eigenvalue weighted by molar-refractivity contribution is -0.143. The molecule has 134 valence electrons. The molecule has 2 amide bonds. The van der Waals surface area contributed by atoms with Crippen LogP contribution in [-0.2, 0) is 14.4 Å². The zero-order chi connectivity index (χ0) is 18.2. The summed E-state index contributed by atoms with van der Waals surface area (Å²) in [6.45, 7) is 7.43. The number of thiol groups is 1. The summed E-state index contributed by atoms with van der Waals surface area (Å²) in [5.41, 5.74) is 5.60. The number of nitrogens with one attached hydrogen (secondary N) is 2. The molecule has 7 nitrogen and oxygen atoms in total. The lowest BCUT2D eigenvalue weighted by Gasteiger charge is -2.26. The van der Waals surface area contributed by atoms with Gasteiger partial charge < -0.3 is 21.5 Å². The Morgan fingerprint density at radius 3 is 2.09 bits per heavy atom. The lowest BCUT2D eigenvalue weighted by Crippen LogP contribution is -2.56. The number of hydrogen-bond donors (Lipinski definition) is 5. The fraction of sp³-hybridized carbons (Fsp3) is 0.800. The van der Waals surface area contributed by atoms with Crippen molar-refractivity contribution in [2.75, 3.05) is 5.75 Å². The first-order valence-corrected chi connectivity index (χ1v) is 8.47. The number of carboxylic acid groups (broad SMARTS) is 1. The Bertz CT molecular complexity index is 418. The zero-order valence-electron chi connectivity index (χ0n) is 14.2. The van der Waals surface area contributed by atoms with Gasteiger partial charge in [0, 0.05) is 5.75 Å². The van der Waals surface area contributed by atoms with Gasteiger partial charge in [0.2, 0.25) is 11.8 Å². The van der Waals surface area contributed by atoms with Crippen LogP contribution >= 0.6 is 12.6 Å². The maximum Gasteiger partial charge on any atom is 0.326 e. The standard InChI is InChI=1S/C15H29N3O4S/c1-5-9(4)12(15(21)22)18-14(20)11(6-8(2)3)17-13(19)10(16)7-23/h8-12,23H,5-7,16H2,1-4H3,(H,17,19)(H,18,20)(H,21,22). The maximum absolute atomic E-state index is 12.4. The van der Waals surface area contributed by atoms with E-state index in [0.29, 0.717) is 12.8 Å². The Morgan fingerprint density at radius 1 is 1.13 bits per heavy atom. The molecule has 0 aliphatic rings. The molecule has 0 rings (SSSR count). The van der Waals surface area contributed by atoms with Crippen LogP contribution in [-0.4, -0.2) is 46.8 Å². The topological polar surface area (TPSA) is 122 Å². The first-order valence-electron chi connectivity index (χ1n) is 7.83. The molecule has 4 unspecified atom stereocenters. The predicted octanol–water partition coefficient (Wildman–Crippen LogP) is 0.390. The molecule has 0 aliphatic carbocycles. The third-order valence-corrected chi connectivity index (χ3v) is 4.04. The van der Waals surface area contributed by atoms with E-state index in [9.17, 15) is 19.5 Å². The number of hydrogen-bond acceptors (Lipinski definition) is 5. The second-order valence-electron chi connectivity index (χ2n) is 6.19. The Morgan fingerprint density at radius 2 is 1.70 bits per heavy atom. The summed E-state index contributed by atoms with van der Waals surface area (Å²) in [5.74, 6) is -1.99. The van der Waals surface area contributed by atoms with E-state index in [4.69, 9.17) is 5.73 Å². The molecular weight excluding hydrogens is 318 g/mol. The highest BCUT2D eigenvalue weighted by atomic mass is 32.1. The molecule has 0 spiro atoms. The van der Waals surface area contributed by atoms with Crippen LogP contribution in [0.15, 0.2) is 0 Å². The van der Waals surface area contributed by atoms with E-state index >= 15 is 0 Å². The molecule has 0 aliphatic heterocycles. The van der Waals surface area contributed by atoms with Crippen LogP contribution in [0.1, 0.15) is 40.5 Å². The number of amides is 2. The summed E-state index contributed by atoms with van der Waals surface area (Å²) in [7, 11) is 0. The van der Waals surface area contributed by atoms with Gasteiger partial charge in [0.15, 0.2) is 0 Å². The normalized spacial score (nSPS) is 16.3. The number of carboxylic acids is 1. The van der Waals surface area contributed by atoms with Gasteiger partial charge in [0.25, 0.3) is 0 Å². The van der Waals surface area contributed by atoms with Crippen LogP contribution < -0.4 is 16.4 Å². The molecule has 0 aromatic carbocycles. The van der Waals surface area contributed by atoms with Crippen molar-refractivity contribution in [2.24, 2.45) is 17.6 Å². The lowest BCUT2D eigenvalue weighted by atomic mass is 9.97. The third-order valence-electron chi connectivity index (χ3n) is 3.65. The van der Waals surface area contributed by atoms with Crippen LogP contribution in [0.25, 0.3) is 0 Å². The van der Waals surface area contributed by atoms with Crippen molar-refractivity contribution in [3.05, 3.63) is 0 Å². The van der Waals surface area contributed by atoms with E-state index in [1.807, 2.05) is 20.8 Å². The van der Waals surface area contributed by atoms with Gasteiger partial charge in [-0.1, -0.05) is 34.1 Å². The third kappa shape index (κ3) is 7.69. The van der Waals surface area contributed by atoms with E-state index in [1.54, 1.807) is 6.92 Å². The SMILES string of the molecule is CCC(C)C(NC(=O)C(CC(C)C)NC(=O)C(N)CS)C(=O)O. The fourth-order valence-corrected chi connectivity index (χ4v) is 2.17. The van der Waals surface area contributed by atoms with Crippen molar-refractivity contribution < 1.29 is 19.5 Å². The van der Waals surface area contributed by atoms with Crippen LogP contribution in [0.4, 0.5) is 0 Å². The van der Waals surface area contributed by atoms with Crippen molar-refractivity contribution in [1.29, 1.82) is 0 Å². The Kier molecular flexibility index (Phi) is 9.90. The van der Waals surface area contributed by atoms with Gasteiger partial charge >= 0.3 is 5.97 Å². The summed E-state index contributed by atoms with van der Waals surface area (Å²) in [4.78, 5) is 35.6. The molecule has 5 N–H and O–H groups in total. The second kappa shape index (κ2) is 10.5. The van der Waals surface area contributed by atoms with Crippen molar-refractivity contribution in [1.82, 2.24) is 10.6 Å². The molecule has 0 heterocycles. The summed E-state index contributed by atoms with van der Waals surface area (Å²) in [6.07, 6.45) is 1.01. The minimum atomic E-state index is -1.09. The second-order valence-corrected chi connectivity index (χ2v) is 6.55. The number of carbonyl (C=O) groups excluding carboxylic acids is 2. The highest BCUT2D eigenvalue weighted by Gasteiger charge is 2.30. The number of aliphatic carboxylic acids is 1. The molecule has 0 saturated heterocycles. The Labute approximate surface area is 143 Å². The average molecular weight is 347 g/mol. The van der Waals surface area contributed by atoms with Crippen LogP contribution in [0.5, 0.6) is 0 Å². The highest BCUT2D eigenvalue weighted by molar-refractivity contribution is 7.80. The molecule has 0 aromatic rings. The summed E-state index contributed by atoms with van der Waals surface area (Å²) < 4.78 is 0. The number of nitrogens with two attached hydrogens (primary N) is 1. The smallest absolute Gasteiger partial charge is 0.326 e. The van der Waals surface area contributed by atoms with Crippen LogP contribution in [0, 0.1) is 11.8 Å². The van der Waals surface area contributed by atoms with E-state index in [1.165, 1.54) is 0 Å². The monoisotopic (exact) mass is 347 g/mol. The minimum absolute atomic E-state index is 0.144. The average Bonchev–Trinajstić information content (AvgIpc) is 2.48. The zero-order valence-corrected chi connectivity index (χ0v) is 15.1. The molecule has 23 heavy (non-hydrogen) atoms. The van der Waals surface area contributed by atoms with Crippen molar-refractivity contribution in [2.45, 2.75) is 58.7 Å². The van der Waals surface area contributed by atoms with Gasteiger partial charge in [0.05, 0.1) is 6.04 Å². The summed E-state index contributed by atoms with van der Waals surface area (Å²) in [5, 5.41) is 14.4. The summed E-state index contributed by atoms with van der Waals surface area (Å²) in [6, 6.07) is -2.62. The Hall–Kier alpha value is -1.28. The Balaban J connectivity index is 5.05. The highest BCUT2D eigenvalue weighted by Crippen LogP contribution is 2.10. The van der Waals surface area contributed by atoms with E-state index < -0.39 is 35.9 Å². The maximum atomic E-state index is 12.4. The molecule has 4 atom stereocenters. The summed E-state index contributed by atoms with van der Waals surface area (Å²) >= 11 is 3.96. The van der Waals surface area contributed by atoms with Crippen LogP contribution in [0.2, 0.25) is 0 Å². The van der Waals surface area contributed by atoms with Gasteiger partial charge in [-0.3, -0.25) is 9.59 Å². The van der Waals surface area contributed by atoms with Crippen LogP contribution in [0.3, 0.4) is 0 Å². The van der Waals surface area contributed by atoms with Gasteiger partial charge in [0.1, 0.15) is 12.1 Å².